The SMILES string of the molecule is CS(=O)(=O)N1CCCC1C(=O)Nc1cccc(-c2nc3ccccc3[nH]2)c1. The van der Waals surface area contributed by atoms with Gasteiger partial charge in [0.2, 0.25) is 15.9 Å². The number of imidazole rings is 1. The third-order valence-electron chi connectivity index (χ3n) is 4.73. The molecule has 1 fully saturated rings. The van der Waals surface area contributed by atoms with E-state index in [1.165, 1.54) is 4.31 Å². The predicted molar refractivity (Wildman–Crippen MR) is 105 cm³/mol. The number of anilines is 1. The third-order valence-corrected chi connectivity index (χ3v) is 6.01. The van der Waals surface area contributed by atoms with Crippen LogP contribution in [-0.2, 0) is 14.8 Å². The number of hydrogen-bond donors (Lipinski definition) is 2. The van der Waals surface area contributed by atoms with E-state index in [2.05, 4.69) is 15.3 Å². The largest absolute Gasteiger partial charge is 0.338 e. The molecule has 1 atom stereocenters. The minimum absolute atomic E-state index is 0.306. The zero-order valence-corrected chi connectivity index (χ0v) is 15.7. The molecule has 1 aliphatic heterocycles. The van der Waals surface area contributed by atoms with Gasteiger partial charge < -0.3 is 10.3 Å². The minimum Gasteiger partial charge on any atom is -0.338 e. The summed E-state index contributed by atoms with van der Waals surface area (Å²) in [5.41, 5.74) is 3.27. The van der Waals surface area contributed by atoms with Crippen molar-refractivity contribution in [1.29, 1.82) is 0 Å². The van der Waals surface area contributed by atoms with E-state index in [0.717, 1.165) is 22.9 Å². The molecule has 1 aromatic heterocycles. The van der Waals surface area contributed by atoms with Gasteiger partial charge in [0.05, 0.1) is 17.3 Å². The number of H-pyrrole nitrogens is 1. The highest BCUT2D eigenvalue weighted by Crippen LogP contribution is 2.25. The van der Waals surface area contributed by atoms with Gasteiger partial charge in [0.25, 0.3) is 0 Å². The Morgan fingerprint density at radius 3 is 2.81 bits per heavy atom. The average molecular weight is 384 g/mol. The van der Waals surface area contributed by atoms with E-state index >= 15 is 0 Å². The summed E-state index contributed by atoms with van der Waals surface area (Å²) in [5, 5.41) is 2.84. The molecule has 0 spiro atoms. The van der Waals surface area contributed by atoms with Crippen LogP contribution in [0.15, 0.2) is 48.5 Å². The van der Waals surface area contributed by atoms with E-state index in [1.54, 1.807) is 6.07 Å². The van der Waals surface area contributed by atoms with Gasteiger partial charge in [-0.05, 0) is 37.1 Å². The smallest absolute Gasteiger partial charge is 0.242 e. The Morgan fingerprint density at radius 1 is 1.22 bits per heavy atom. The Bertz CT molecular complexity index is 1070. The molecule has 2 N–H and O–H groups in total. The number of benzene rings is 2. The highest BCUT2D eigenvalue weighted by atomic mass is 32.2. The highest BCUT2D eigenvalue weighted by Gasteiger charge is 2.36. The van der Waals surface area contributed by atoms with Crippen LogP contribution in [0.3, 0.4) is 0 Å². The van der Waals surface area contributed by atoms with Crippen molar-refractivity contribution in [2.45, 2.75) is 18.9 Å². The van der Waals surface area contributed by atoms with Crippen molar-refractivity contribution < 1.29 is 13.2 Å². The van der Waals surface area contributed by atoms with Crippen LogP contribution in [0.4, 0.5) is 5.69 Å². The Morgan fingerprint density at radius 2 is 2.04 bits per heavy atom. The van der Waals surface area contributed by atoms with E-state index < -0.39 is 16.1 Å². The minimum atomic E-state index is -3.40. The first-order valence-electron chi connectivity index (χ1n) is 8.75. The van der Waals surface area contributed by atoms with Gasteiger partial charge >= 0.3 is 0 Å². The van der Waals surface area contributed by atoms with Crippen molar-refractivity contribution in [2.24, 2.45) is 0 Å². The van der Waals surface area contributed by atoms with Crippen molar-refractivity contribution in [3.05, 3.63) is 48.5 Å². The van der Waals surface area contributed by atoms with Crippen LogP contribution in [0.1, 0.15) is 12.8 Å². The fourth-order valence-electron chi connectivity index (χ4n) is 3.46. The highest BCUT2D eigenvalue weighted by molar-refractivity contribution is 7.88. The maximum Gasteiger partial charge on any atom is 0.242 e. The summed E-state index contributed by atoms with van der Waals surface area (Å²) in [6.07, 6.45) is 2.35. The first-order chi connectivity index (χ1) is 12.9. The standard InChI is InChI=1S/C19H20N4O3S/c1-27(25,26)23-11-5-10-17(23)19(24)20-14-7-4-6-13(12-14)18-21-15-8-2-3-9-16(15)22-18/h2-4,6-9,12,17H,5,10-11H2,1H3,(H,20,24)(H,21,22). The Hall–Kier alpha value is -2.71. The number of nitrogens with zero attached hydrogens (tertiary/aromatic N) is 2. The normalized spacial score (nSPS) is 18.0. The summed E-state index contributed by atoms with van der Waals surface area (Å²) in [6, 6.07) is 14.5. The molecule has 7 nitrogen and oxygen atoms in total. The Kier molecular flexibility index (Phi) is 4.45. The van der Waals surface area contributed by atoms with E-state index in [4.69, 9.17) is 0 Å². The molecule has 0 saturated carbocycles. The molecule has 1 unspecified atom stereocenters. The van der Waals surface area contributed by atoms with E-state index in [0.29, 0.717) is 30.9 Å². The number of amides is 1. The van der Waals surface area contributed by atoms with Gasteiger partial charge in [0.1, 0.15) is 11.9 Å². The van der Waals surface area contributed by atoms with E-state index in [9.17, 15) is 13.2 Å². The van der Waals surface area contributed by atoms with E-state index in [-0.39, 0.29) is 5.91 Å². The lowest BCUT2D eigenvalue weighted by atomic mass is 10.1. The van der Waals surface area contributed by atoms with Gasteiger partial charge in [-0.3, -0.25) is 4.79 Å². The summed E-state index contributed by atoms with van der Waals surface area (Å²) in [7, 11) is -3.40. The maximum atomic E-state index is 12.6. The van der Waals surface area contributed by atoms with Crippen molar-refractivity contribution >= 4 is 32.7 Å². The predicted octanol–water partition coefficient (Wildman–Crippen LogP) is 2.59. The lowest BCUT2D eigenvalue weighted by Crippen LogP contribution is -2.42. The lowest BCUT2D eigenvalue weighted by molar-refractivity contribution is -0.119. The van der Waals surface area contributed by atoms with Crippen molar-refractivity contribution in [3.63, 3.8) is 0 Å². The second-order valence-electron chi connectivity index (χ2n) is 6.70. The van der Waals surface area contributed by atoms with Gasteiger partial charge in [0, 0.05) is 17.8 Å². The number of nitrogens with one attached hydrogen (secondary N) is 2. The number of hydrogen-bond acceptors (Lipinski definition) is 4. The van der Waals surface area contributed by atoms with Crippen molar-refractivity contribution in [3.8, 4) is 11.4 Å². The van der Waals surface area contributed by atoms with Crippen LogP contribution in [0.25, 0.3) is 22.4 Å². The van der Waals surface area contributed by atoms with Crippen LogP contribution in [0.5, 0.6) is 0 Å². The lowest BCUT2D eigenvalue weighted by Gasteiger charge is -2.21. The van der Waals surface area contributed by atoms with Gasteiger partial charge in [-0.15, -0.1) is 0 Å². The number of sulfonamides is 1. The molecule has 2 heterocycles. The molecule has 2 aromatic carbocycles. The first-order valence-corrected chi connectivity index (χ1v) is 10.6. The monoisotopic (exact) mass is 384 g/mol. The number of carbonyl (C=O) groups excluding carboxylic acids is 1. The van der Waals surface area contributed by atoms with Crippen LogP contribution in [-0.4, -0.2) is 47.4 Å². The number of fused-ring (bicyclic) bond motifs is 1. The van der Waals surface area contributed by atoms with E-state index in [1.807, 2.05) is 42.5 Å². The average Bonchev–Trinajstić information content (AvgIpc) is 3.28. The summed E-state index contributed by atoms with van der Waals surface area (Å²) in [5.74, 6) is 0.408. The molecular formula is C19H20N4O3S. The number of aromatic amines is 1. The van der Waals surface area contributed by atoms with Gasteiger partial charge in [0.15, 0.2) is 0 Å². The molecular weight excluding hydrogens is 364 g/mol. The van der Waals surface area contributed by atoms with Crippen LogP contribution >= 0.6 is 0 Å². The number of para-hydroxylation sites is 2. The van der Waals surface area contributed by atoms with Crippen LogP contribution in [0.2, 0.25) is 0 Å². The van der Waals surface area contributed by atoms with Gasteiger partial charge in [-0.2, -0.15) is 4.31 Å². The molecule has 3 aromatic rings. The molecule has 8 heteroatoms. The van der Waals surface area contributed by atoms with Crippen molar-refractivity contribution in [2.75, 3.05) is 18.1 Å². The topological polar surface area (TPSA) is 95.2 Å². The molecule has 4 rings (SSSR count). The molecule has 0 radical (unpaired) electrons. The fraction of sp³-hybridized carbons (Fsp3) is 0.263. The maximum absolute atomic E-state index is 12.6. The summed E-state index contributed by atoms with van der Waals surface area (Å²) >= 11 is 0. The van der Waals surface area contributed by atoms with Crippen molar-refractivity contribution in [1.82, 2.24) is 14.3 Å². The molecule has 140 valence electrons. The number of rotatable bonds is 4. The van der Waals surface area contributed by atoms with Gasteiger partial charge in [-0.25, -0.2) is 13.4 Å². The Balaban J connectivity index is 1.57. The summed E-state index contributed by atoms with van der Waals surface area (Å²) in [4.78, 5) is 20.5. The molecule has 1 saturated heterocycles. The second-order valence-corrected chi connectivity index (χ2v) is 8.64. The molecule has 0 aliphatic carbocycles. The number of aromatic nitrogens is 2. The summed E-state index contributed by atoms with van der Waals surface area (Å²) in [6.45, 7) is 0.385. The molecule has 1 amide bonds. The zero-order valence-electron chi connectivity index (χ0n) is 14.8. The molecule has 27 heavy (non-hydrogen) atoms. The molecule has 0 bridgehead atoms. The summed E-state index contributed by atoms with van der Waals surface area (Å²) < 4.78 is 25.0. The third kappa shape index (κ3) is 3.58. The zero-order chi connectivity index (χ0) is 19.0. The van der Waals surface area contributed by atoms with Crippen LogP contribution in [0, 0.1) is 0 Å². The fourth-order valence-corrected chi connectivity index (χ4v) is 4.58. The Labute approximate surface area is 157 Å². The van der Waals surface area contributed by atoms with Crippen LogP contribution < -0.4 is 5.32 Å². The van der Waals surface area contributed by atoms with Gasteiger partial charge in [-0.1, -0.05) is 24.3 Å². The first kappa shape index (κ1) is 17.7. The second kappa shape index (κ2) is 6.79. The quantitative estimate of drug-likeness (QED) is 0.723. The number of carbonyl (C=O) groups is 1. The molecule has 1 aliphatic rings.